The summed E-state index contributed by atoms with van der Waals surface area (Å²) < 4.78 is 0. The molecule has 1 aliphatic rings. The quantitative estimate of drug-likeness (QED) is 0.175. The Balaban J connectivity index is 0.000000280. The minimum atomic E-state index is 0. The number of para-hydroxylation sites is 2. The average molecular weight is 699 g/mol. The summed E-state index contributed by atoms with van der Waals surface area (Å²) in [5.74, 6) is 1.16. The Morgan fingerprint density at radius 1 is 0.511 bits per heavy atom. The van der Waals surface area contributed by atoms with Gasteiger partial charge >= 0.3 is 26.2 Å². The second kappa shape index (κ2) is 20.2. The first-order valence-electron chi connectivity index (χ1n) is 16.0. The van der Waals surface area contributed by atoms with Crippen LogP contribution in [0.4, 0.5) is 11.4 Å². The van der Waals surface area contributed by atoms with Crippen LogP contribution in [0.3, 0.4) is 0 Å². The van der Waals surface area contributed by atoms with E-state index >= 15 is 0 Å². The molecule has 6 rings (SSSR count). The van der Waals surface area contributed by atoms with Crippen molar-refractivity contribution in [1.82, 2.24) is 0 Å². The van der Waals surface area contributed by atoms with E-state index < -0.39 is 0 Å². The summed E-state index contributed by atoms with van der Waals surface area (Å²) in [6.07, 6.45) is 0. The molecule has 47 heavy (non-hydrogen) atoms. The molecular weight excluding hydrogens is 650 g/mol. The number of hydrogen-bond acceptors (Lipinski definition) is 0. The van der Waals surface area contributed by atoms with Crippen molar-refractivity contribution in [3.63, 3.8) is 0 Å². The number of anilines is 2. The minimum Gasteiger partial charge on any atom is -0.397 e. The van der Waals surface area contributed by atoms with Gasteiger partial charge in [-0.25, -0.2) is 0 Å². The van der Waals surface area contributed by atoms with E-state index in [0.717, 1.165) is 35.5 Å². The van der Waals surface area contributed by atoms with Gasteiger partial charge in [0.2, 0.25) is 0 Å². The predicted octanol–water partition coefficient (Wildman–Crippen LogP) is 11.1. The zero-order chi connectivity index (χ0) is 33.5. The third-order valence-electron chi connectivity index (χ3n) is 7.58. The summed E-state index contributed by atoms with van der Waals surface area (Å²) in [4.78, 5) is 4.12. The predicted molar refractivity (Wildman–Crippen MR) is 202 cm³/mol. The smallest absolute Gasteiger partial charge is 0.397 e. The summed E-state index contributed by atoms with van der Waals surface area (Å²) >= 11 is 0. The fourth-order valence-electron chi connectivity index (χ4n) is 5.11. The van der Waals surface area contributed by atoms with E-state index in [9.17, 15) is 5.41 Å². The van der Waals surface area contributed by atoms with Crippen molar-refractivity contribution in [1.29, 1.82) is 0 Å². The molecule has 0 atom stereocenters. The third-order valence-corrected chi connectivity index (χ3v) is 7.58. The van der Waals surface area contributed by atoms with E-state index in [1.165, 1.54) is 22.4 Å². The second-order valence-electron chi connectivity index (χ2n) is 11.9. The molecular formula is C43H49N3Zr. The molecule has 0 aliphatic carbocycles. The van der Waals surface area contributed by atoms with Gasteiger partial charge in [0.15, 0.2) is 0 Å². The van der Waals surface area contributed by atoms with Gasteiger partial charge in [0, 0.05) is 5.96 Å². The Kier molecular flexibility index (Phi) is 16.8. The van der Waals surface area contributed by atoms with Gasteiger partial charge in [-0.1, -0.05) is 88.4 Å². The van der Waals surface area contributed by atoms with Gasteiger partial charge in [0.1, 0.15) is 0 Å². The van der Waals surface area contributed by atoms with E-state index in [1.807, 2.05) is 108 Å². The molecule has 5 aromatic rings. The number of aryl methyl sites for hydroxylation is 1. The monoisotopic (exact) mass is 697 g/mol. The van der Waals surface area contributed by atoms with Gasteiger partial charge in [-0.05, 0) is 59.9 Å². The molecule has 0 saturated carbocycles. The van der Waals surface area contributed by atoms with Crippen LogP contribution in [0.2, 0.25) is 0 Å². The molecule has 0 bridgehead atoms. The Morgan fingerprint density at radius 3 is 1.21 bits per heavy atom. The van der Waals surface area contributed by atoms with Crippen LogP contribution in [0.15, 0.2) is 133 Å². The van der Waals surface area contributed by atoms with Crippen LogP contribution in [-0.4, -0.2) is 19.0 Å². The van der Waals surface area contributed by atoms with Gasteiger partial charge in [0.25, 0.3) is 0 Å². The SMILES string of the molecule is Cc1ccccc1N1CCN(c2c(C(C)C)cccc2C(C)C)C1=[N-].[CH2-]c1ccccc1.[CH2-]c1ccccc1.[CH2-]c1ccccc1.[Zr+4]. The van der Waals surface area contributed by atoms with Gasteiger partial charge in [-0.3, -0.25) is 0 Å². The average Bonchev–Trinajstić information content (AvgIpc) is 3.43. The maximum Gasteiger partial charge on any atom is 4.00 e. The molecule has 1 saturated heterocycles. The normalized spacial score (nSPS) is 11.8. The van der Waals surface area contributed by atoms with E-state index in [0.29, 0.717) is 17.8 Å². The first-order valence-corrected chi connectivity index (χ1v) is 16.0. The van der Waals surface area contributed by atoms with E-state index in [4.69, 9.17) is 0 Å². The van der Waals surface area contributed by atoms with Crippen LogP contribution in [0.1, 0.15) is 72.9 Å². The number of nitrogens with zero attached hydrogens (tertiary/aromatic N) is 3. The van der Waals surface area contributed by atoms with Crippen molar-refractivity contribution in [2.45, 2.75) is 46.5 Å². The number of hydrogen-bond donors (Lipinski definition) is 0. The number of rotatable bonds is 4. The Bertz CT molecular complexity index is 1480. The van der Waals surface area contributed by atoms with Crippen molar-refractivity contribution >= 4 is 17.3 Å². The zero-order valence-corrected chi connectivity index (χ0v) is 31.2. The van der Waals surface area contributed by atoms with Gasteiger partial charge in [-0.15, -0.1) is 36.4 Å². The van der Waals surface area contributed by atoms with Crippen LogP contribution in [0.5, 0.6) is 0 Å². The molecule has 0 radical (unpaired) electrons. The van der Waals surface area contributed by atoms with Gasteiger partial charge in [-0.2, -0.15) is 73.9 Å². The summed E-state index contributed by atoms with van der Waals surface area (Å²) in [5, 5.41) is 11.1. The number of guanidine groups is 1. The summed E-state index contributed by atoms with van der Waals surface area (Å²) in [6.45, 7) is 23.7. The van der Waals surface area contributed by atoms with Crippen LogP contribution in [-0.2, 0) is 26.2 Å². The molecule has 0 amide bonds. The van der Waals surface area contributed by atoms with Crippen molar-refractivity contribution in [2.75, 3.05) is 22.9 Å². The fourth-order valence-corrected chi connectivity index (χ4v) is 5.11. The van der Waals surface area contributed by atoms with Crippen molar-refractivity contribution in [3.8, 4) is 0 Å². The van der Waals surface area contributed by atoms with Crippen LogP contribution in [0.25, 0.3) is 5.41 Å². The molecule has 1 aliphatic heterocycles. The molecule has 0 N–H and O–H groups in total. The van der Waals surface area contributed by atoms with Crippen LogP contribution < -0.4 is 9.80 Å². The first-order chi connectivity index (χ1) is 22.1. The third kappa shape index (κ3) is 12.2. The first kappa shape index (κ1) is 39.0. The molecule has 1 fully saturated rings. The molecule has 4 heteroatoms. The molecule has 3 nitrogen and oxygen atoms in total. The Hall–Kier alpha value is -4.14. The van der Waals surface area contributed by atoms with E-state index in [2.05, 4.69) is 90.6 Å². The zero-order valence-electron chi connectivity index (χ0n) is 28.7. The molecule has 1 heterocycles. The summed E-state index contributed by atoms with van der Waals surface area (Å²) in [6, 6.07) is 44.4. The maximum absolute atomic E-state index is 11.1. The van der Waals surface area contributed by atoms with E-state index in [-0.39, 0.29) is 26.2 Å². The van der Waals surface area contributed by atoms with Crippen LogP contribution >= 0.6 is 0 Å². The van der Waals surface area contributed by atoms with Crippen LogP contribution in [0, 0.1) is 27.7 Å². The van der Waals surface area contributed by atoms with Crippen molar-refractivity contribution < 1.29 is 26.2 Å². The van der Waals surface area contributed by atoms with Crippen molar-refractivity contribution in [2.24, 2.45) is 0 Å². The summed E-state index contributed by atoms with van der Waals surface area (Å²) in [5.41, 5.74) is 9.25. The Labute approximate surface area is 304 Å². The molecule has 5 aromatic carbocycles. The molecule has 0 unspecified atom stereocenters. The standard InChI is InChI=1S/C22H28N3.3C7H7.Zr/c1-15(2)18-10-8-11-19(16(3)4)21(18)25-14-13-24(22(25)23)20-12-7-6-9-17(20)5;3*1-7-5-3-2-4-6-7;/h6-12,15-16H,13-14H2,1-5H3;3*2-6H,1H2;/q4*-1;+4. The molecule has 240 valence electrons. The maximum atomic E-state index is 11.1. The largest absolute Gasteiger partial charge is 4.00 e. The van der Waals surface area contributed by atoms with E-state index in [1.54, 1.807) is 0 Å². The topological polar surface area (TPSA) is 28.8 Å². The fraction of sp³-hybridized carbons (Fsp3) is 0.209. The Morgan fingerprint density at radius 2 is 0.872 bits per heavy atom. The van der Waals surface area contributed by atoms with Crippen molar-refractivity contribution in [3.05, 3.63) is 193 Å². The summed E-state index contributed by atoms with van der Waals surface area (Å²) in [7, 11) is 0. The van der Waals surface area contributed by atoms with Gasteiger partial charge in [0.05, 0.1) is 0 Å². The van der Waals surface area contributed by atoms with Gasteiger partial charge < -0.3 is 15.2 Å². The number of benzene rings is 5. The minimum absolute atomic E-state index is 0. The molecule has 0 aromatic heterocycles. The molecule has 0 spiro atoms. The second-order valence-corrected chi connectivity index (χ2v) is 11.9.